The summed E-state index contributed by atoms with van der Waals surface area (Å²) in [7, 11) is 0. The molecular formula is C11H21NO3. The van der Waals surface area contributed by atoms with E-state index in [0.717, 1.165) is 25.8 Å². The molecule has 88 valence electrons. The molecule has 3 atom stereocenters. The Morgan fingerprint density at radius 2 is 2.20 bits per heavy atom. The number of aliphatic hydroxyl groups excluding tert-OH is 1. The molecule has 15 heavy (non-hydrogen) atoms. The van der Waals surface area contributed by atoms with Crippen molar-refractivity contribution in [3.05, 3.63) is 0 Å². The molecular weight excluding hydrogens is 194 g/mol. The lowest BCUT2D eigenvalue weighted by molar-refractivity contribution is -0.138. The van der Waals surface area contributed by atoms with Crippen LogP contribution in [0.25, 0.3) is 0 Å². The van der Waals surface area contributed by atoms with Gasteiger partial charge in [0, 0.05) is 12.1 Å². The molecule has 4 nitrogen and oxygen atoms in total. The van der Waals surface area contributed by atoms with Gasteiger partial charge in [-0.05, 0) is 32.7 Å². The molecule has 1 aliphatic carbocycles. The maximum atomic E-state index is 10.6. The molecule has 0 aromatic carbocycles. The first-order valence-corrected chi connectivity index (χ1v) is 5.71. The minimum Gasteiger partial charge on any atom is -0.481 e. The van der Waals surface area contributed by atoms with Crippen LogP contribution in [0, 0.1) is 0 Å². The fraction of sp³-hybridized carbons (Fsp3) is 0.909. The van der Waals surface area contributed by atoms with E-state index in [1.165, 1.54) is 0 Å². The van der Waals surface area contributed by atoms with Crippen LogP contribution in [0.1, 0.15) is 39.5 Å². The quantitative estimate of drug-likeness (QED) is 0.720. The van der Waals surface area contributed by atoms with Gasteiger partial charge in [0.05, 0.1) is 12.5 Å². The van der Waals surface area contributed by atoms with Gasteiger partial charge in [-0.25, -0.2) is 0 Å². The highest BCUT2D eigenvalue weighted by molar-refractivity contribution is 5.67. The number of rotatable bonds is 5. The third kappa shape index (κ3) is 3.18. The number of aliphatic hydroxyl groups is 1. The Morgan fingerprint density at radius 3 is 2.60 bits per heavy atom. The number of carboxylic acids is 1. The van der Waals surface area contributed by atoms with Crippen LogP contribution in [0.4, 0.5) is 0 Å². The Kier molecular flexibility index (Phi) is 4.54. The topological polar surface area (TPSA) is 60.8 Å². The van der Waals surface area contributed by atoms with Gasteiger partial charge < -0.3 is 10.2 Å². The Balaban J connectivity index is 2.57. The summed E-state index contributed by atoms with van der Waals surface area (Å²) in [5.74, 6) is -0.770. The predicted molar refractivity (Wildman–Crippen MR) is 57.7 cm³/mol. The number of likely N-dealkylation sites (N-methyl/N-ethyl adjacent to an activating group) is 1. The monoisotopic (exact) mass is 215 g/mol. The average molecular weight is 215 g/mol. The van der Waals surface area contributed by atoms with Gasteiger partial charge >= 0.3 is 5.97 Å². The van der Waals surface area contributed by atoms with Crippen LogP contribution in [0.3, 0.4) is 0 Å². The highest BCUT2D eigenvalue weighted by Crippen LogP contribution is 2.26. The number of carboxylic acid groups (broad SMARTS) is 1. The first-order chi connectivity index (χ1) is 7.06. The highest BCUT2D eigenvalue weighted by Gasteiger charge is 2.32. The van der Waals surface area contributed by atoms with Gasteiger partial charge in [0.2, 0.25) is 0 Å². The van der Waals surface area contributed by atoms with E-state index >= 15 is 0 Å². The van der Waals surface area contributed by atoms with Crippen LogP contribution >= 0.6 is 0 Å². The normalized spacial score (nSPS) is 28.3. The van der Waals surface area contributed by atoms with Gasteiger partial charge in [0.1, 0.15) is 0 Å². The maximum Gasteiger partial charge on any atom is 0.304 e. The fourth-order valence-corrected chi connectivity index (χ4v) is 2.55. The van der Waals surface area contributed by atoms with E-state index in [1.54, 1.807) is 0 Å². The summed E-state index contributed by atoms with van der Waals surface area (Å²) in [6, 6.07) is 0.162. The molecule has 0 radical (unpaired) electrons. The van der Waals surface area contributed by atoms with Gasteiger partial charge in [0.15, 0.2) is 0 Å². The standard InChI is InChI=1S/C11H21NO3/c1-3-12(8(2)7-11(14)15)9-5-4-6-10(9)13/h8-10,13H,3-7H2,1-2H3,(H,14,15). The number of hydrogen-bond donors (Lipinski definition) is 2. The van der Waals surface area contributed by atoms with Gasteiger partial charge in [-0.1, -0.05) is 6.92 Å². The number of aliphatic carboxylic acids is 1. The largest absolute Gasteiger partial charge is 0.481 e. The third-order valence-corrected chi connectivity index (χ3v) is 3.27. The van der Waals surface area contributed by atoms with E-state index in [0.29, 0.717) is 0 Å². The zero-order chi connectivity index (χ0) is 11.4. The van der Waals surface area contributed by atoms with Gasteiger partial charge in [-0.15, -0.1) is 0 Å². The van der Waals surface area contributed by atoms with E-state index in [2.05, 4.69) is 4.90 Å². The van der Waals surface area contributed by atoms with Gasteiger partial charge in [0.25, 0.3) is 0 Å². The molecule has 0 spiro atoms. The Morgan fingerprint density at radius 1 is 1.53 bits per heavy atom. The zero-order valence-corrected chi connectivity index (χ0v) is 9.52. The fourth-order valence-electron chi connectivity index (χ4n) is 2.55. The Bertz CT molecular complexity index is 220. The molecule has 4 heteroatoms. The molecule has 0 amide bonds. The number of nitrogens with zero attached hydrogens (tertiary/aromatic N) is 1. The van der Waals surface area contributed by atoms with Crippen LogP contribution < -0.4 is 0 Å². The smallest absolute Gasteiger partial charge is 0.304 e. The van der Waals surface area contributed by atoms with Crippen molar-refractivity contribution < 1.29 is 15.0 Å². The molecule has 0 aromatic heterocycles. The summed E-state index contributed by atoms with van der Waals surface area (Å²) in [4.78, 5) is 12.8. The lowest BCUT2D eigenvalue weighted by Crippen LogP contribution is -2.46. The summed E-state index contributed by atoms with van der Waals surface area (Å²) in [5.41, 5.74) is 0. The van der Waals surface area contributed by atoms with Crippen LogP contribution in [0.15, 0.2) is 0 Å². The molecule has 1 saturated carbocycles. The summed E-state index contributed by atoms with van der Waals surface area (Å²) in [6.07, 6.45) is 2.75. The zero-order valence-electron chi connectivity index (χ0n) is 9.52. The van der Waals surface area contributed by atoms with E-state index in [1.807, 2.05) is 13.8 Å². The average Bonchev–Trinajstić information content (AvgIpc) is 2.52. The molecule has 1 fully saturated rings. The van der Waals surface area contributed by atoms with Crippen LogP contribution in [-0.2, 0) is 4.79 Å². The van der Waals surface area contributed by atoms with Crippen molar-refractivity contribution >= 4 is 5.97 Å². The predicted octanol–water partition coefficient (Wildman–Crippen LogP) is 1.08. The third-order valence-electron chi connectivity index (χ3n) is 3.27. The van der Waals surface area contributed by atoms with E-state index < -0.39 is 5.97 Å². The second-order valence-corrected chi connectivity index (χ2v) is 4.34. The van der Waals surface area contributed by atoms with E-state index in [-0.39, 0.29) is 24.6 Å². The van der Waals surface area contributed by atoms with Gasteiger partial charge in [-0.2, -0.15) is 0 Å². The molecule has 2 N–H and O–H groups in total. The summed E-state index contributed by atoms with van der Waals surface area (Å²) >= 11 is 0. The van der Waals surface area contributed by atoms with Crippen molar-refractivity contribution in [3.63, 3.8) is 0 Å². The van der Waals surface area contributed by atoms with E-state index in [9.17, 15) is 9.90 Å². The van der Waals surface area contributed by atoms with Crippen molar-refractivity contribution in [2.24, 2.45) is 0 Å². The van der Waals surface area contributed by atoms with Crippen molar-refractivity contribution in [1.29, 1.82) is 0 Å². The summed E-state index contributed by atoms with van der Waals surface area (Å²) < 4.78 is 0. The molecule has 1 aliphatic rings. The lowest BCUT2D eigenvalue weighted by atomic mass is 10.1. The number of carbonyl (C=O) groups is 1. The van der Waals surface area contributed by atoms with Gasteiger partial charge in [-0.3, -0.25) is 9.69 Å². The minimum absolute atomic E-state index is 0.00486. The molecule has 0 heterocycles. The van der Waals surface area contributed by atoms with Crippen molar-refractivity contribution in [3.8, 4) is 0 Å². The summed E-state index contributed by atoms with van der Waals surface area (Å²) in [5, 5.41) is 18.5. The summed E-state index contributed by atoms with van der Waals surface area (Å²) in [6.45, 7) is 4.74. The van der Waals surface area contributed by atoms with Crippen molar-refractivity contribution in [2.75, 3.05) is 6.54 Å². The Labute approximate surface area is 90.9 Å². The van der Waals surface area contributed by atoms with Crippen molar-refractivity contribution in [1.82, 2.24) is 4.90 Å². The minimum atomic E-state index is -0.770. The van der Waals surface area contributed by atoms with Crippen molar-refractivity contribution in [2.45, 2.75) is 57.7 Å². The highest BCUT2D eigenvalue weighted by atomic mass is 16.4. The molecule has 0 aromatic rings. The second kappa shape index (κ2) is 5.47. The molecule has 0 aliphatic heterocycles. The first-order valence-electron chi connectivity index (χ1n) is 5.71. The molecule has 0 saturated heterocycles. The van der Waals surface area contributed by atoms with Crippen LogP contribution in [0.2, 0.25) is 0 Å². The van der Waals surface area contributed by atoms with Crippen LogP contribution in [0.5, 0.6) is 0 Å². The van der Waals surface area contributed by atoms with Crippen LogP contribution in [-0.4, -0.2) is 45.8 Å². The number of hydrogen-bond acceptors (Lipinski definition) is 3. The second-order valence-electron chi connectivity index (χ2n) is 4.34. The Hall–Kier alpha value is -0.610. The first kappa shape index (κ1) is 12.5. The molecule has 0 bridgehead atoms. The molecule has 3 unspecified atom stereocenters. The molecule has 1 rings (SSSR count). The van der Waals surface area contributed by atoms with E-state index in [4.69, 9.17) is 5.11 Å². The maximum absolute atomic E-state index is 10.6. The lowest BCUT2D eigenvalue weighted by Gasteiger charge is -2.34. The SMILES string of the molecule is CCN(C(C)CC(=O)O)C1CCCC1O.